The smallest absolute Gasteiger partial charge is 0.240 e. The van der Waals surface area contributed by atoms with Crippen molar-refractivity contribution in [1.29, 1.82) is 0 Å². The van der Waals surface area contributed by atoms with E-state index >= 15 is 0 Å². The Hall–Kier alpha value is -2.05. The van der Waals surface area contributed by atoms with Crippen LogP contribution in [0, 0.1) is 6.92 Å². The van der Waals surface area contributed by atoms with Crippen molar-refractivity contribution in [2.24, 2.45) is 0 Å². The molecule has 5 nitrogen and oxygen atoms in total. The molecule has 3 aromatic rings. The number of hydrogen-bond acceptors (Lipinski definition) is 6. The first-order valence-corrected chi connectivity index (χ1v) is 7.58. The lowest BCUT2D eigenvalue weighted by Gasteiger charge is -1.97. The summed E-state index contributed by atoms with van der Waals surface area (Å²) in [4.78, 5) is 9.81. The lowest BCUT2D eigenvalue weighted by atomic mass is 10.1. The molecule has 1 aromatic carbocycles. The minimum absolute atomic E-state index is 0.568. The second-order valence-electron chi connectivity index (χ2n) is 4.72. The van der Waals surface area contributed by atoms with Crippen LogP contribution >= 0.6 is 11.3 Å². The fourth-order valence-corrected chi connectivity index (χ4v) is 2.76. The summed E-state index contributed by atoms with van der Waals surface area (Å²) in [6.45, 7) is 3.34. The third-order valence-corrected chi connectivity index (χ3v) is 3.87. The molecule has 108 valence electrons. The standard InChI is InChI=1S/C15H16N4OS/c1-11-17-9-13(21-11)8-16-10-15-18-14(19-20-15)7-12-5-3-2-4-6-12/h2-6,9,16H,7-8,10H2,1H3. The number of nitrogens with one attached hydrogen (secondary N) is 1. The summed E-state index contributed by atoms with van der Waals surface area (Å²) in [6.07, 6.45) is 2.58. The number of aryl methyl sites for hydroxylation is 1. The van der Waals surface area contributed by atoms with Crippen molar-refractivity contribution in [3.05, 3.63) is 63.7 Å². The Morgan fingerprint density at radius 2 is 2.05 bits per heavy atom. The number of thiazole rings is 1. The predicted octanol–water partition coefficient (Wildman–Crippen LogP) is 2.72. The molecular weight excluding hydrogens is 284 g/mol. The van der Waals surface area contributed by atoms with Crippen LogP contribution in [0.2, 0.25) is 0 Å². The van der Waals surface area contributed by atoms with Crippen LogP contribution in [0.25, 0.3) is 0 Å². The van der Waals surface area contributed by atoms with E-state index in [2.05, 4.69) is 32.6 Å². The average Bonchev–Trinajstić information content (AvgIpc) is 3.10. The van der Waals surface area contributed by atoms with Crippen LogP contribution in [-0.2, 0) is 19.5 Å². The summed E-state index contributed by atoms with van der Waals surface area (Å²) < 4.78 is 5.24. The number of rotatable bonds is 6. The van der Waals surface area contributed by atoms with Crippen molar-refractivity contribution in [1.82, 2.24) is 20.4 Å². The maximum absolute atomic E-state index is 5.24. The van der Waals surface area contributed by atoms with Crippen molar-refractivity contribution in [3.8, 4) is 0 Å². The summed E-state index contributed by atoms with van der Waals surface area (Å²) >= 11 is 1.69. The van der Waals surface area contributed by atoms with Gasteiger partial charge in [-0.05, 0) is 12.5 Å². The van der Waals surface area contributed by atoms with E-state index < -0.39 is 0 Å². The van der Waals surface area contributed by atoms with Gasteiger partial charge in [-0.15, -0.1) is 11.3 Å². The molecule has 2 heterocycles. The third kappa shape index (κ3) is 3.96. The highest BCUT2D eigenvalue weighted by molar-refractivity contribution is 7.11. The average molecular weight is 300 g/mol. The highest BCUT2D eigenvalue weighted by atomic mass is 32.1. The summed E-state index contributed by atoms with van der Waals surface area (Å²) in [5, 5.41) is 8.37. The molecule has 2 aromatic heterocycles. The van der Waals surface area contributed by atoms with Gasteiger partial charge in [-0.25, -0.2) is 4.98 Å². The molecule has 0 aliphatic heterocycles. The van der Waals surface area contributed by atoms with Crippen LogP contribution in [0.3, 0.4) is 0 Å². The number of aromatic nitrogens is 3. The molecule has 0 bridgehead atoms. The Morgan fingerprint density at radius 3 is 2.81 bits per heavy atom. The normalized spacial score (nSPS) is 10.9. The minimum Gasteiger partial charge on any atom is -0.338 e. The van der Waals surface area contributed by atoms with E-state index in [0.717, 1.165) is 11.6 Å². The van der Waals surface area contributed by atoms with Gasteiger partial charge >= 0.3 is 0 Å². The summed E-state index contributed by atoms with van der Waals surface area (Å²) in [7, 11) is 0. The fraction of sp³-hybridized carbons (Fsp3) is 0.267. The second kappa shape index (κ2) is 6.60. The van der Waals surface area contributed by atoms with Crippen LogP contribution in [0.4, 0.5) is 0 Å². The molecule has 0 spiro atoms. The molecule has 0 aliphatic rings. The molecule has 0 saturated heterocycles. The molecule has 0 atom stereocenters. The largest absolute Gasteiger partial charge is 0.338 e. The van der Waals surface area contributed by atoms with Crippen molar-refractivity contribution in [3.63, 3.8) is 0 Å². The molecule has 6 heteroatoms. The molecule has 1 N–H and O–H groups in total. The Bertz CT molecular complexity index is 693. The summed E-state index contributed by atoms with van der Waals surface area (Å²) in [5.74, 6) is 1.33. The van der Waals surface area contributed by atoms with E-state index in [1.165, 1.54) is 10.4 Å². The molecule has 0 unspecified atom stereocenters. The first-order valence-electron chi connectivity index (χ1n) is 6.77. The van der Waals surface area contributed by atoms with Crippen LogP contribution < -0.4 is 5.32 Å². The SMILES string of the molecule is Cc1ncc(CNCc2nc(Cc3ccccc3)no2)s1. The third-order valence-electron chi connectivity index (χ3n) is 2.96. The van der Waals surface area contributed by atoms with Gasteiger partial charge in [0.05, 0.1) is 11.6 Å². The summed E-state index contributed by atoms with van der Waals surface area (Å²) in [6, 6.07) is 10.1. The van der Waals surface area contributed by atoms with Gasteiger partial charge in [0, 0.05) is 24.0 Å². The van der Waals surface area contributed by atoms with Gasteiger partial charge in [-0.1, -0.05) is 35.5 Å². The monoisotopic (exact) mass is 300 g/mol. The maximum Gasteiger partial charge on any atom is 0.240 e. The van der Waals surface area contributed by atoms with Crippen molar-refractivity contribution in [2.45, 2.75) is 26.4 Å². The number of benzene rings is 1. The maximum atomic E-state index is 5.24. The molecule has 21 heavy (non-hydrogen) atoms. The van der Waals surface area contributed by atoms with Gasteiger partial charge in [-0.3, -0.25) is 0 Å². The van der Waals surface area contributed by atoms with E-state index in [4.69, 9.17) is 4.52 Å². The lowest BCUT2D eigenvalue weighted by molar-refractivity contribution is 0.363. The van der Waals surface area contributed by atoms with Gasteiger partial charge in [0.2, 0.25) is 5.89 Å². The quantitative estimate of drug-likeness (QED) is 0.758. The zero-order valence-corrected chi connectivity index (χ0v) is 12.6. The van der Waals surface area contributed by atoms with Crippen LogP contribution in [0.1, 0.15) is 27.2 Å². The zero-order valence-electron chi connectivity index (χ0n) is 11.7. The Kier molecular flexibility index (Phi) is 4.37. The Morgan fingerprint density at radius 1 is 1.19 bits per heavy atom. The zero-order chi connectivity index (χ0) is 14.5. The predicted molar refractivity (Wildman–Crippen MR) is 80.9 cm³/mol. The lowest BCUT2D eigenvalue weighted by Crippen LogP contribution is -2.12. The van der Waals surface area contributed by atoms with Gasteiger partial charge in [0.25, 0.3) is 0 Å². The van der Waals surface area contributed by atoms with Crippen LogP contribution in [-0.4, -0.2) is 15.1 Å². The van der Waals surface area contributed by atoms with E-state index in [1.54, 1.807) is 11.3 Å². The number of hydrogen-bond donors (Lipinski definition) is 1. The first-order chi connectivity index (χ1) is 10.3. The number of nitrogens with zero attached hydrogens (tertiary/aromatic N) is 3. The topological polar surface area (TPSA) is 63.8 Å². The Labute approximate surface area is 127 Å². The molecular formula is C15H16N4OS. The van der Waals surface area contributed by atoms with Crippen molar-refractivity contribution >= 4 is 11.3 Å². The second-order valence-corrected chi connectivity index (χ2v) is 6.04. The first kappa shape index (κ1) is 13.9. The van der Waals surface area contributed by atoms with Gasteiger partial charge in [-0.2, -0.15) is 4.98 Å². The van der Waals surface area contributed by atoms with E-state index in [-0.39, 0.29) is 0 Å². The highest BCUT2D eigenvalue weighted by Gasteiger charge is 2.07. The van der Waals surface area contributed by atoms with Gasteiger partial charge < -0.3 is 9.84 Å². The molecule has 3 rings (SSSR count). The molecule has 0 radical (unpaired) electrons. The molecule has 0 amide bonds. The van der Waals surface area contributed by atoms with E-state index in [0.29, 0.717) is 24.7 Å². The van der Waals surface area contributed by atoms with Crippen molar-refractivity contribution in [2.75, 3.05) is 0 Å². The van der Waals surface area contributed by atoms with Crippen LogP contribution in [0.15, 0.2) is 41.1 Å². The summed E-state index contributed by atoms with van der Waals surface area (Å²) in [5.41, 5.74) is 1.18. The van der Waals surface area contributed by atoms with E-state index in [1.807, 2.05) is 31.3 Å². The molecule has 0 saturated carbocycles. The van der Waals surface area contributed by atoms with Gasteiger partial charge in [0.1, 0.15) is 0 Å². The Balaban J connectivity index is 1.51. The molecule has 0 fully saturated rings. The highest BCUT2D eigenvalue weighted by Crippen LogP contribution is 2.11. The van der Waals surface area contributed by atoms with Crippen LogP contribution in [0.5, 0.6) is 0 Å². The van der Waals surface area contributed by atoms with Gasteiger partial charge in [0.15, 0.2) is 5.82 Å². The van der Waals surface area contributed by atoms with E-state index in [9.17, 15) is 0 Å². The van der Waals surface area contributed by atoms with Crippen molar-refractivity contribution < 1.29 is 4.52 Å². The fourth-order valence-electron chi connectivity index (χ4n) is 1.99. The minimum atomic E-state index is 0.568. The molecule has 0 aliphatic carbocycles.